The van der Waals surface area contributed by atoms with Gasteiger partial charge in [0.1, 0.15) is 0 Å². The summed E-state index contributed by atoms with van der Waals surface area (Å²) in [6, 6.07) is 4.60. The van der Waals surface area contributed by atoms with Crippen LogP contribution >= 0.6 is 0 Å². The van der Waals surface area contributed by atoms with Crippen LogP contribution in [0.2, 0.25) is 0 Å². The topological polar surface area (TPSA) is 83.6 Å². The molecule has 1 aromatic carbocycles. The highest BCUT2D eigenvalue weighted by molar-refractivity contribution is 5.92. The Morgan fingerprint density at radius 1 is 1.47 bits per heavy atom. The molecule has 0 saturated heterocycles. The van der Waals surface area contributed by atoms with Crippen molar-refractivity contribution in [2.24, 2.45) is 0 Å². The largest absolute Gasteiger partial charge is 0.478 e. The van der Waals surface area contributed by atoms with Crippen LogP contribution in [0.1, 0.15) is 22.3 Å². The number of aromatic carboxylic acids is 1. The number of aliphatic hydroxyl groups excluding tert-OH is 1. The molecule has 1 aromatic rings. The number of carbonyl (C=O) groups is 1. The number of benzene rings is 1. The summed E-state index contributed by atoms with van der Waals surface area (Å²) in [4.78, 5) is 10.8. The van der Waals surface area contributed by atoms with Crippen LogP contribution in [0.15, 0.2) is 18.2 Å². The summed E-state index contributed by atoms with van der Waals surface area (Å²) < 4.78 is 0. The fourth-order valence-corrected chi connectivity index (χ4v) is 1.09. The van der Waals surface area contributed by atoms with Crippen LogP contribution in [-0.2, 0) is 0 Å². The van der Waals surface area contributed by atoms with Crippen molar-refractivity contribution in [1.29, 1.82) is 0 Å². The number of aliphatic hydroxyl groups is 1. The Balaban J connectivity index is 3.15. The molecule has 4 nitrogen and oxygen atoms in total. The fourth-order valence-electron chi connectivity index (χ4n) is 1.09. The first-order chi connectivity index (χ1) is 7.16. The predicted octanol–water partition coefficient (Wildman–Crippen LogP) is 0.701. The second-order valence-electron chi connectivity index (χ2n) is 2.85. The van der Waals surface area contributed by atoms with Gasteiger partial charge < -0.3 is 15.9 Å². The number of nitrogens with two attached hydrogens (primary N) is 1. The first kappa shape index (κ1) is 11.1. The molecule has 4 heteroatoms. The molecular formula is C11H11NO3. The highest BCUT2D eigenvalue weighted by Gasteiger charge is 2.09. The van der Waals surface area contributed by atoms with Gasteiger partial charge in [-0.3, -0.25) is 0 Å². The van der Waals surface area contributed by atoms with Gasteiger partial charge in [-0.2, -0.15) is 0 Å². The molecule has 0 aliphatic carbocycles. The molecule has 0 unspecified atom stereocenters. The lowest BCUT2D eigenvalue weighted by Crippen LogP contribution is -2.03. The summed E-state index contributed by atoms with van der Waals surface area (Å²) in [5.74, 6) is 4.23. The van der Waals surface area contributed by atoms with E-state index in [0.29, 0.717) is 17.7 Å². The van der Waals surface area contributed by atoms with E-state index in [1.54, 1.807) is 12.1 Å². The van der Waals surface area contributed by atoms with Crippen LogP contribution in [-0.4, -0.2) is 22.8 Å². The monoisotopic (exact) mass is 205 g/mol. The van der Waals surface area contributed by atoms with Gasteiger partial charge in [0.25, 0.3) is 0 Å². The normalized spacial score (nSPS) is 9.13. The summed E-state index contributed by atoms with van der Waals surface area (Å²) in [6.45, 7) is -0.0534. The average molecular weight is 205 g/mol. The zero-order valence-electron chi connectivity index (χ0n) is 8.03. The van der Waals surface area contributed by atoms with Gasteiger partial charge in [0, 0.05) is 12.1 Å². The third kappa shape index (κ3) is 2.73. The van der Waals surface area contributed by atoms with Crippen molar-refractivity contribution in [3.8, 4) is 11.8 Å². The maximum Gasteiger partial charge on any atom is 0.337 e. The lowest BCUT2D eigenvalue weighted by atomic mass is 10.1. The van der Waals surface area contributed by atoms with Crippen LogP contribution in [0.25, 0.3) is 0 Å². The molecule has 0 bridgehead atoms. The fraction of sp³-hybridized carbons (Fsp3) is 0.182. The number of carboxylic acids is 1. The van der Waals surface area contributed by atoms with Crippen LogP contribution < -0.4 is 5.73 Å². The summed E-state index contributed by atoms with van der Waals surface area (Å²) in [6.07, 6.45) is 0.299. The van der Waals surface area contributed by atoms with E-state index in [2.05, 4.69) is 11.8 Å². The molecule has 4 N–H and O–H groups in total. The van der Waals surface area contributed by atoms with Crippen molar-refractivity contribution >= 4 is 11.7 Å². The third-order valence-electron chi connectivity index (χ3n) is 1.78. The van der Waals surface area contributed by atoms with Gasteiger partial charge in [-0.05, 0) is 12.1 Å². The number of rotatable bonds is 2. The Labute approximate surface area is 87.3 Å². The summed E-state index contributed by atoms with van der Waals surface area (Å²) >= 11 is 0. The van der Waals surface area contributed by atoms with E-state index in [0.717, 1.165) is 0 Å². The van der Waals surface area contributed by atoms with Crippen LogP contribution in [0.3, 0.4) is 0 Å². The first-order valence-electron chi connectivity index (χ1n) is 4.38. The molecule has 0 aromatic heterocycles. The third-order valence-corrected chi connectivity index (χ3v) is 1.78. The SMILES string of the molecule is Nc1cccc(C(=O)O)c1C#CCCO. The van der Waals surface area contributed by atoms with Crippen LogP contribution in [0, 0.1) is 11.8 Å². The highest BCUT2D eigenvalue weighted by atomic mass is 16.4. The highest BCUT2D eigenvalue weighted by Crippen LogP contribution is 2.15. The number of hydrogen-bond donors (Lipinski definition) is 3. The van der Waals surface area contributed by atoms with E-state index in [-0.39, 0.29) is 12.2 Å². The molecule has 78 valence electrons. The average Bonchev–Trinajstić information content (AvgIpc) is 2.20. The number of carboxylic acid groups (broad SMARTS) is 1. The van der Waals surface area contributed by atoms with E-state index in [1.807, 2.05) is 0 Å². The maximum absolute atomic E-state index is 10.8. The number of nitrogen functional groups attached to an aromatic ring is 1. The molecule has 0 heterocycles. The van der Waals surface area contributed by atoms with E-state index >= 15 is 0 Å². The van der Waals surface area contributed by atoms with Crippen molar-refractivity contribution in [2.75, 3.05) is 12.3 Å². The molecule has 0 saturated carbocycles. The minimum atomic E-state index is -1.06. The zero-order chi connectivity index (χ0) is 11.3. The zero-order valence-corrected chi connectivity index (χ0v) is 8.03. The van der Waals surface area contributed by atoms with Gasteiger partial charge in [-0.1, -0.05) is 17.9 Å². The molecule has 0 aliphatic rings. The predicted molar refractivity (Wildman–Crippen MR) is 56.4 cm³/mol. The van der Waals surface area contributed by atoms with Gasteiger partial charge in [-0.15, -0.1) is 0 Å². The van der Waals surface area contributed by atoms with Crippen molar-refractivity contribution in [2.45, 2.75) is 6.42 Å². The Morgan fingerprint density at radius 2 is 2.20 bits per heavy atom. The van der Waals surface area contributed by atoms with Gasteiger partial charge in [-0.25, -0.2) is 4.79 Å². The summed E-state index contributed by atoms with van der Waals surface area (Å²) in [5, 5.41) is 17.4. The summed E-state index contributed by atoms with van der Waals surface area (Å²) in [5.41, 5.74) is 6.33. The van der Waals surface area contributed by atoms with Gasteiger partial charge in [0.2, 0.25) is 0 Å². The van der Waals surface area contributed by atoms with E-state index in [4.69, 9.17) is 15.9 Å². The second-order valence-corrected chi connectivity index (χ2v) is 2.85. The lowest BCUT2D eigenvalue weighted by molar-refractivity contribution is 0.0696. The Kier molecular flexibility index (Phi) is 3.72. The molecule has 0 atom stereocenters. The van der Waals surface area contributed by atoms with Gasteiger partial charge >= 0.3 is 5.97 Å². The molecule has 0 fully saturated rings. The van der Waals surface area contributed by atoms with E-state index in [1.165, 1.54) is 6.07 Å². The van der Waals surface area contributed by atoms with E-state index < -0.39 is 5.97 Å². The quantitative estimate of drug-likeness (QED) is 0.490. The maximum atomic E-state index is 10.8. The molecule has 0 spiro atoms. The Bertz CT molecular complexity index is 429. The number of hydrogen-bond acceptors (Lipinski definition) is 3. The lowest BCUT2D eigenvalue weighted by Gasteiger charge is -2.01. The smallest absolute Gasteiger partial charge is 0.337 e. The standard InChI is InChI=1S/C11H11NO3/c12-10-6-3-5-9(11(14)15)8(10)4-1-2-7-13/h3,5-6,13H,2,7,12H2,(H,14,15). The van der Waals surface area contributed by atoms with Crippen LogP contribution in [0.5, 0.6) is 0 Å². The Hall–Kier alpha value is -1.99. The van der Waals surface area contributed by atoms with Gasteiger partial charge in [0.05, 0.1) is 17.7 Å². The molecular weight excluding hydrogens is 194 g/mol. The minimum Gasteiger partial charge on any atom is -0.478 e. The van der Waals surface area contributed by atoms with Crippen molar-refractivity contribution in [1.82, 2.24) is 0 Å². The molecule has 1 rings (SSSR count). The van der Waals surface area contributed by atoms with Crippen molar-refractivity contribution < 1.29 is 15.0 Å². The second kappa shape index (κ2) is 5.03. The minimum absolute atomic E-state index is 0.0534. The van der Waals surface area contributed by atoms with Gasteiger partial charge in [0.15, 0.2) is 0 Å². The number of anilines is 1. The summed E-state index contributed by atoms with van der Waals surface area (Å²) in [7, 11) is 0. The first-order valence-corrected chi connectivity index (χ1v) is 4.38. The van der Waals surface area contributed by atoms with E-state index in [9.17, 15) is 4.79 Å². The Morgan fingerprint density at radius 3 is 2.80 bits per heavy atom. The van der Waals surface area contributed by atoms with Crippen molar-refractivity contribution in [3.05, 3.63) is 29.3 Å². The molecule has 0 aliphatic heterocycles. The molecule has 0 amide bonds. The molecule has 0 radical (unpaired) electrons. The molecule has 15 heavy (non-hydrogen) atoms. The van der Waals surface area contributed by atoms with Crippen molar-refractivity contribution in [3.63, 3.8) is 0 Å². The van der Waals surface area contributed by atoms with Crippen LogP contribution in [0.4, 0.5) is 5.69 Å².